The van der Waals surface area contributed by atoms with Crippen LogP contribution in [-0.4, -0.2) is 36.5 Å². The summed E-state index contributed by atoms with van der Waals surface area (Å²) in [5.41, 5.74) is 4.02. The van der Waals surface area contributed by atoms with Gasteiger partial charge >= 0.3 is 0 Å². The maximum absolute atomic E-state index is 12.0. The highest BCUT2D eigenvalue weighted by Crippen LogP contribution is 2.20. The molecule has 2 aromatic carbocycles. The zero-order chi connectivity index (χ0) is 17.6. The highest BCUT2D eigenvalue weighted by molar-refractivity contribution is 5.77. The van der Waals surface area contributed by atoms with E-state index in [0.29, 0.717) is 12.6 Å². The van der Waals surface area contributed by atoms with E-state index < -0.39 is 0 Å². The van der Waals surface area contributed by atoms with Crippen LogP contribution in [0, 0.1) is 6.92 Å². The van der Waals surface area contributed by atoms with Crippen molar-refractivity contribution < 1.29 is 9.53 Å². The van der Waals surface area contributed by atoms with Crippen LogP contribution < -0.4 is 10.1 Å². The molecule has 4 heteroatoms. The Morgan fingerprint density at radius 1 is 1.16 bits per heavy atom. The molecule has 132 valence electrons. The second-order valence-corrected chi connectivity index (χ2v) is 6.74. The zero-order valence-corrected chi connectivity index (χ0v) is 15.0. The van der Waals surface area contributed by atoms with Gasteiger partial charge in [0.25, 0.3) is 5.91 Å². The summed E-state index contributed by atoms with van der Waals surface area (Å²) in [6, 6.07) is 16.6. The first-order valence-corrected chi connectivity index (χ1v) is 8.89. The van der Waals surface area contributed by atoms with Gasteiger partial charge in [-0.25, -0.2) is 0 Å². The first-order valence-electron chi connectivity index (χ1n) is 8.89. The van der Waals surface area contributed by atoms with Crippen LogP contribution >= 0.6 is 0 Å². The van der Waals surface area contributed by atoms with E-state index in [1.54, 1.807) is 0 Å². The van der Waals surface area contributed by atoms with Crippen molar-refractivity contribution in [3.8, 4) is 5.75 Å². The summed E-state index contributed by atoms with van der Waals surface area (Å²) in [6.07, 6.45) is 1.07. The molecule has 0 saturated heterocycles. The molecule has 0 saturated carbocycles. The molecular weight excluding hydrogens is 312 g/mol. The summed E-state index contributed by atoms with van der Waals surface area (Å²) in [5, 5.41) is 2.98. The number of rotatable bonds is 6. The molecule has 0 spiro atoms. The van der Waals surface area contributed by atoms with E-state index in [-0.39, 0.29) is 12.5 Å². The lowest BCUT2D eigenvalue weighted by atomic mass is 9.99. The second-order valence-electron chi connectivity index (χ2n) is 6.74. The minimum absolute atomic E-state index is 0.0542. The zero-order valence-electron chi connectivity index (χ0n) is 15.0. The summed E-state index contributed by atoms with van der Waals surface area (Å²) in [5.74, 6) is 0.645. The van der Waals surface area contributed by atoms with Gasteiger partial charge in [-0.05, 0) is 43.5 Å². The van der Waals surface area contributed by atoms with Crippen molar-refractivity contribution in [2.24, 2.45) is 0 Å². The smallest absolute Gasteiger partial charge is 0.257 e. The number of nitrogens with zero attached hydrogens (tertiary/aromatic N) is 1. The molecule has 1 amide bonds. The first-order chi connectivity index (χ1) is 12.1. The summed E-state index contributed by atoms with van der Waals surface area (Å²) < 4.78 is 5.52. The molecular formula is C21H26N2O2. The van der Waals surface area contributed by atoms with Crippen molar-refractivity contribution in [3.05, 3.63) is 65.2 Å². The number of amides is 1. The topological polar surface area (TPSA) is 41.6 Å². The monoisotopic (exact) mass is 338 g/mol. The maximum Gasteiger partial charge on any atom is 0.257 e. The van der Waals surface area contributed by atoms with E-state index in [1.807, 2.05) is 31.2 Å². The van der Waals surface area contributed by atoms with Crippen LogP contribution in [0.3, 0.4) is 0 Å². The third kappa shape index (κ3) is 4.83. The fourth-order valence-corrected chi connectivity index (χ4v) is 3.12. The van der Waals surface area contributed by atoms with Gasteiger partial charge in [0.05, 0.1) is 0 Å². The van der Waals surface area contributed by atoms with Gasteiger partial charge in [-0.3, -0.25) is 9.69 Å². The van der Waals surface area contributed by atoms with E-state index in [4.69, 9.17) is 4.74 Å². The molecule has 3 rings (SSSR count). The largest absolute Gasteiger partial charge is 0.484 e. The number of carbonyl (C=O) groups excluding carboxylic acids is 1. The summed E-state index contributed by atoms with van der Waals surface area (Å²) in [7, 11) is 0. The minimum Gasteiger partial charge on any atom is -0.484 e. The van der Waals surface area contributed by atoms with Crippen LogP contribution in [0.15, 0.2) is 48.5 Å². The third-order valence-corrected chi connectivity index (χ3v) is 4.77. The average Bonchev–Trinajstić information content (AvgIpc) is 2.65. The quantitative estimate of drug-likeness (QED) is 0.880. The lowest BCUT2D eigenvalue weighted by Gasteiger charge is -2.33. The Bertz CT molecular complexity index is 712. The van der Waals surface area contributed by atoms with Crippen LogP contribution in [-0.2, 0) is 17.8 Å². The molecule has 0 radical (unpaired) electrons. The molecule has 0 aliphatic carbocycles. The van der Waals surface area contributed by atoms with Crippen molar-refractivity contribution in [2.45, 2.75) is 32.9 Å². The summed E-state index contributed by atoms with van der Waals surface area (Å²) in [4.78, 5) is 14.4. The Hall–Kier alpha value is -2.33. The Labute approximate surface area is 149 Å². The van der Waals surface area contributed by atoms with Gasteiger partial charge in [0, 0.05) is 25.7 Å². The molecule has 1 heterocycles. The molecule has 0 aromatic heterocycles. The van der Waals surface area contributed by atoms with Gasteiger partial charge in [0.15, 0.2) is 6.61 Å². The van der Waals surface area contributed by atoms with Gasteiger partial charge in [-0.2, -0.15) is 0 Å². The first kappa shape index (κ1) is 17.5. The minimum atomic E-state index is -0.0789. The fourth-order valence-electron chi connectivity index (χ4n) is 3.12. The summed E-state index contributed by atoms with van der Waals surface area (Å²) in [6.45, 7) is 6.86. The third-order valence-electron chi connectivity index (χ3n) is 4.77. The molecule has 1 unspecified atom stereocenters. The van der Waals surface area contributed by atoms with Crippen molar-refractivity contribution in [3.63, 3.8) is 0 Å². The molecule has 1 N–H and O–H groups in total. The Kier molecular flexibility index (Phi) is 5.71. The van der Waals surface area contributed by atoms with Crippen LogP contribution in [0.1, 0.15) is 23.6 Å². The Morgan fingerprint density at radius 2 is 1.88 bits per heavy atom. The van der Waals surface area contributed by atoms with Gasteiger partial charge < -0.3 is 10.1 Å². The molecule has 1 aliphatic rings. The summed E-state index contributed by atoms with van der Waals surface area (Å²) >= 11 is 0. The van der Waals surface area contributed by atoms with E-state index in [1.165, 1.54) is 16.7 Å². The lowest BCUT2D eigenvalue weighted by molar-refractivity contribution is -0.123. The van der Waals surface area contributed by atoms with Crippen LogP contribution in [0.2, 0.25) is 0 Å². The SMILES string of the molecule is Cc1ccc(OCC(=O)NCC(C)N2CCc3ccccc3C2)cc1. The van der Waals surface area contributed by atoms with Gasteiger partial charge in [0.2, 0.25) is 0 Å². The molecule has 2 aromatic rings. The van der Waals surface area contributed by atoms with E-state index in [9.17, 15) is 4.79 Å². The van der Waals surface area contributed by atoms with E-state index in [0.717, 1.165) is 25.3 Å². The number of nitrogens with one attached hydrogen (secondary N) is 1. The standard InChI is InChI=1S/C21H26N2O2/c1-16-7-9-20(10-8-16)25-15-21(24)22-13-17(2)23-12-11-18-5-3-4-6-19(18)14-23/h3-10,17H,11-15H2,1-2H3,(H,22,24). The van der Waals surface area contributed by atoms with Crippen molar-refractivity contribution in [1.29, 1.82) is 0 Å². The normalized spacial score (nSPS) is 15.3. The van der Waals surface area contributed by atoms with Gasteiger partial charge in [0.1, 0.15) is 5.75 Å². The lowest BCUT2D eigenvalue weighted by Crippen LogP contribution is -2.45. The number of fused-ring (bicyclic) bond motifs is 1. The molecule has 25 heavy (non-hydrogen) atoms. The van der Waals surface area contributed by atoms with E-state index in [2.05, 4.69) is 41.4 Å². The maximum atomic E-state index is 12.0. The fraction of sp³-hybridized carbons (Fsp3) is 0.381. The Morgan fingerprint density at radius 3 is 2.64 bits per heavy atom. The van der Waals surface area contributed by atoms with E-state index >= 15 is 0 Å². The molecule has 0 fully saturated rings. The number of ether oxygens (including phenoxy) is 1. The van der Waals surface area contributed by atoms with Crippen LogP contribution in [0.5, 0.6) is 5.75 Å². The molecule has 1 aliphatic heterocycles. The highest BCUT2D eigenvalue weighted by Gasteiger charge is 2.20. The predicted molar refractivity (Wildman–Crippen MR) is 99.7 cm³/mol. The number of benzene rings is 2. The molecule has 1 atom stereocenters. The highest BCUT2D eigenvalue weighted by atomic mass is 16.5. The van der Waals surface area contributed by atoms with Gasteiger partial charge in [-0.1, -0.05) is 42.0 Å². The second kappa shape index (κ2) is 8.17. The molecule has 0 bridgehead atoms. The van der Waals surface area contributed by atoms with Crippen molar-refractivity contribution in [1.82, 2.24) is 10.2 Å². The average molecular weight is 338 g/mol. The van der Waals surface area contributed by atoms with Crippen molar-refractivity contribution >= 4 is 5.91 Å². The number of aryl methyl sites for hydroxylation is 1. The van der Waals surface area contributed by atoms with Crippen molar-refractivity contribution in [2.75, 3.05) is 19.7 Å². The number of hydrogen-bond acceptors (Lipinski definition) is 3. The predicted octanol–water partition coefficient (Wildman–Crippen LogP) is 2.94. The molecule has 4 nitrogen and oxygen atoms in total. The van der Waals surface area contributed by atoms with Gasteiger partial charge in [-0.15, -0.1) is 0 Å². The number of carbonyl (C=O) groups is 1. The van der Waals surface area contributed by atoms with Crippen LogP contribution in [0.4, 0.5) is 0 Å². The number of hydrogen-bond donors (Lipinski definition) is 1. The van der Waals surface area contributed by atoms with Crippen LogP contribution in [0.25, 0.3) is 0 Å². The Balaban J connectivity index is 1.42.